The van der Waals surface area contributed by atoms with Crippen LogP contribution in [0.25, 0.3) is 0 Å². The first-order chi connectivity index (χ1) is 6.54. The molecule has 1 rings (SSSR count). The topological polar surface area (TPSA) is 16.1 Å². The third-order valence-corrected chi connectivity index (χ3v) is 2.45. The number of rotatable bonds is 3. The minimum atomic E-state index is 0.234. The summed E-state index contributed by atoms with van der Waals surface area (Å²) >= 11 is 0. The van der Waals surface area contributed by atoms with Gasteiger partial charge in [0.1, 0.15) is 0 Å². The van der Waals surface area contributed by atoms with Crippen LogP contribution in [0.15, 0.2) is 24.5 Å². The molecular weight excluding hydrogens is 172 g/mol. The Labute approximate surface area is 87.0 Å². The van der Waals surface area contributed by atoms with Gasteiger partial charge in [-0.2, -0.15) is 0 Å². The number of pyridine rings is 1. The molecule has 0 saturated carbocycles. The van der Waals surface area contributed by atoms with E-state index in [4.69, 9.17) is 0 Å². The smallest absolute Gasteiger partial charge is 0.0271 e. The second kappa shape index (κ2) is 4.56. The average Bonchev–Trinajstić information content (AvgIpc) is 2.14. The summed E-state index contributed by atoms with van der Waals surface area (Å²) in [5.74, 6) is 0. The molecule has 78 valence electrons. The largest absolute Gasteiger partial charge is 0.295 e. The molecule has 0 spiro atoms. The highest BCUT2D eigenvalue weighted by atomic mass is 15.2. The van der Waals surface area contributed by atoms with Crippen LogP contribution >= 0.6 is 0 Å². The molecule has 0 amide bonds. The Kier molecular flexibility index (Phi) is 3.64. The van der Waals surface area contributed by atoms with Crippen molar-refractivity contribution in [1.82, 2.24) is 9.88 Å². The van der Waals surface area contributed by atoms with Crippen molar-refractivity contribution in [2.75, 3.05) is 6.54 Å². The molecule has 0 bridgehead atoms. The van der Waals surface area contributed by atoms with Crippen LogP contribution in [0.5, 0.6) is 0 Å². The fraction of sp³-hybridized carbons (Fsp3) is 0.583. The molecule has 0 atom stereocenters. The summed E-state index contributed by atoms with van der Waals surface area (Å²) in [6.45, 7) is 11.0. The zero-order valence-electron chi connectivity index (χ0n) is 9.62. The van der Waals surface area contributed by atoms with E-state index in [1.165, 1.54) is 5.56 Å². The summed E-state index contributed by atoms with van der Waals surface area (Å²) in [4.78, 5) is 6.47. The molecule has 0 aliphatic carbocycles. The summed E-state index contributed by atoms with van der Waals surface area (Å²) in [6.07, 6.45) is 3.71. The van der Waals surface area contributed by atoms with Gasteiger partial charge in [0.05, 0.1) is 0 Å². The van der Waals surface area contributed by atoms with E-state index in [2.05, 4.69) is 49.7 Å². The molecule has 0 aliphatic rings. The lowest BCUT2D eigenvalue weighted by molar-refractivity contribution is 0.136. The van der Waals surface area contributed by atoms with Crippen LogP contribution < -0.4 is 0 Å². The SMILES string of the molecule is CCN(Cc1ccncc1)C(C)(C)C. The van der Waals surface area contributed by atoms with E-state index < -0.39 is 0 Å². The van der Waals surface area contributed by atoms with Gasteiger partial charge in [0, 0.05) is 24.5 Å². The maximum absolute atomic E-state index is 4.02. The molecule has 14 heavy (non-hydrogen) atoms. The predicted molar refractivity (Wildman–Crippen MR) is 60.1 cm³/mol. The highest BCUT2D eigenvalue weighted by Crippen LogP contribution is 2.15. The van der Waals surface area contributed by atoms with E-state index in [0.717, 1.165) is 13.1 Å². The van der Waals surface area contributed by atoms with Crippen molar-refractivity contribution in [2.45, 2.75) is 39.8 Å². The van der Waals surface area contributed by atoms with Crippen LogP contribution in [0.1, 0.15) is 33.3 Å². The minimum Gasteiger partial charge on any atom is -0.295 e. The second-order valence-corrected chi connectivity index (χ2v) is 4.54. The van der Waals surface area contributed by atoms with Crippen LogP contribution in [-0.2, 0) is 6.54 Å². The predicted octanol–water partition coefficient (Wildman–Crippen LogP) is 2.70. The molecule has 1 heterocycles. The first-order valence-electron chi connectivity index (χ1n) is 5.18. The second-order valence-electron chi connectivity index (χ2n) is 4.54. The van der Waals surface area contributed by atoms with Gasteiger partial charge in [0.25, 0.3) is 0 Å². The van der Waals surface area contributed by atoms with Crippen molar-refractivity contribution in [3.05, 3.63) is 30.1 Å². The molecule has 1 aromatic rings. The summed E-state index contributed by atoms with van der Waals surface area (Å²) in [5.41, 5.74) is 1.56. The molecular formula is C12H20N2. The van der Waals surface area contributed by atoms with Crippen molar-refractivity contribution in [3.63, 3.8) is 0 Å². The Balaban J connectivity index is 2.67. The average molecular weight is 192 g/mol. The Morgan fingerprint density at radius 2 is 1.79 bits per heavy atom. The normalized spacial score (nSPS) is 12.1. The van der Waals surface area contributed by atoms with Crippen LogP contribution in [0.3, 0.4) is 0 Å². The minimum absolute atomic E-state index is 0.234. The molecule has 0 fully saturated rings. The Bertz CT molecular complexity index is 261. The van der Waals surface area contributed by atoms with E-state index in [1.54, 1.807) is 0 Å². The van der Waals surface area contributed by atoms with Gasteiger partial charge < -0.3 is 0 Å². The lowest BCUT2D eigenvalue weighted by atomic mass is 10.1. The highest BCUT2D eigenvalue weighted by molar-refractivity contribution is 5.09. The molecule has 0 radical (unpaired) electrons. The third-order valence-electron chi connectivity index (χ3n) is 2.45. The van der Waals surface area contributed by atoms with E-state index in [1.807, 2.05) is 12.4 Å². The molecule has 0 aromatic carbocycles. The lowest BCUT2D eigenvalue weighted by Gasteiger charge is -2.34. The van der Waals surface area contributed by atoms with Crippen molar-refractivity contribution >= 4 is 0 Å². The maximum atomic E-state index is 4.02. The first-order valence-corrected chi connectivity index (χ1v) is 5.18. The molecule has 1 aromatic heterocycles. The molecule has 0 unspecified atom stereocenters. The van der Waals surface area contributed by atoms with Crippen LogP contribution in [0.2, 0.25) is 0 Å². The van der Waals surface area contributed by atoms with Gasteiger partial charge in [-0.1, -0.05) is 6.92 Å². The van der Waals surface area contributed by atoms with Gasteiger partial charge in [0.2, 0.25) is 0 Å². The summed E-state index contributed by atoms with van der Waals surface area (Å²) in [5, 5.41) is 0. The molecule has 0 saturated heterocycles. The van der Waals surface area contributed by atoms with Gasteiger partial charge in [-0.05, 0) is 45.0 Å². The number of aromatic nitrogens is 1. The molecule has 0 aliphatic heterocycles. The monoisotopic (exact) mass is 192 g/mol. The van der Waals surface area contributed by atoms with Crippen molar-refractivity contribution in [3.8, 4) is 0 Å². The summed E-state index contributed by atoms with van der Waals surface area (Å²) in [7, 11) is 0. The first kappa shape index (κ1) is 11.2. The van der Waals surface area contributed by atoms with E-state index in [-0.39, 0.29) is 5.54 Å². The van der Waals surface area contributed by atoms with Crippen molar-refractivity contribution < 1.29 is 0 Å². The fourth-order valence-electron chi connectivity index (χ4n) is 1.53. The van der Waals surface area contributed by atoms with E-state index in [9.17, 15) is 0 Å². The van der Waals surface area contributed by atoms with Gasteiger partial charge in [-0.3, -0.25) is 9.88 Å². The Morgan fingerprint density at radius 1 is 1.21 bits per heavy atom. The quantitative estimate of drug-likeness (QED) is 0.732. The van der Waals surface area contributed by atoms with Crippen LogP contribution in [0, 0.1) is 0 Å². The van der Waals surface area contributed by atoms with Crippen molar-refractivity contribution in [1.29, 1.82) is 0 Å². The fourth-order valence-corrected chi connectivity index (χ4v) is 1.53. The highest BCUT2D eigenvalue weighted by Gasteiger charge is 2.19. The zero-order chi connectivity index (χ0) is 10.6. The van der Waals surface area contributed by atoms with Gasteiger partial charge in [-0.25, -0.2) is 0 Å². The van der Waals surface area contributed by atoms with Gasteiger partial charge >= 0.3 is 0 Å². The van der Waals surface area contributed by atoms with Crippen LogP contribution in [-0.4, -0.2) is 22.0 Å². The van der Waals surface area contributed by atoms with Gasteiger partial charge in [0.15, 0.2) is 0 Å². The Morgan fingerprint density at radius 3 is 2.21 bits per heavy atom. The van der Waals surface area contributed by atoms with E-state index in [0.29, 0.717) is 0 Å². The molecule has 0 N–H and O–H groups in total. The summed E-state index contributed by atoms with van der Waals surface area (Å²) < 4.78 is 0. The lowest BCUT2D eigenvalue weighted by Crippen LogP contribution is -2.40. The van der Waals surface area contributed by atoms with Crippen molar-refractivity contribution in [2.24, 2.45) is 0 Å². The molecule has 2 nitrogen and oxygen atoms in total. The number of hydrogen-bond acceptors (Lipinski definition) is 2. The van der Waals surface area contributed by atoms with E-state index >= 15 is 0 Å². The van der Waals surface area contributed by atoms with Crippen LogP contribution in [0.4, 0.5) is 0 Å². The number of hydrogen-bond donors (Lipinski definition) is 0. The third kappa shape index (κ3) is 3.11. The summed E-state index contributed by atoms with van der Waals surface area (Å²) in [6, 6.07) is 4.16. The number of nitrogens with zero attached hydrogens (tertiary/aromatic N) is 2. The zero-order valence-corrected chi connectivity index (χ0v) is 9.62. The molecule has 2 heteroatoms. The standard InChI is InChI=1S/C12H20N2/c1-5-14(12(2,3)4)10-11-6-8-13-9-7-11/h6-9H,5,10H2,1-4H3. The Hall–Kier alpha value is -0.890. The maximum Gasteiger partial charge on any atom is 0.0271 e. The van der Waals surface area contributed by atoms with Gasteiger partial charge in [-0.15, -0.1) is 0 Å².